The Morgan fingerprint density at radius 1 is 0.975 bits per heavy atom. The number of amides is 1. The van der Waals surface area contributed by atoms with Crippen molar-refractivity contribution in [2.75, 3.05) is 0 Å². The van der Waals surface area contributed by atoms with Gasteiger partial charge in [0.25, 0.3) is 11.5 Å². The zero-order valence-corrected chi connectivity index (χ0v) is 22.2. The molecule has 4 heterocycles. The first-order valence-corrected chi connectivity index (χ1v) is 12.8. The van der Waals surface area contributed by atoms with Crippen molar-refractivity contribution in [1.29, 1.82) is 0 Å². The number of aromatic nitrogens is 7. The molecule has 0 bridgehead atoms. The van der Waals surface area contributed by atoms with E-state index >= 15 is 0 Å². The standard InChI is InChI=1S/C30H26N8O2/c1-19-25(28-31-16-8-17-37(28)34-19)29(39)32-20(2)27-33-24-12-7-9-21(13-14-22-15-18-36(3)35-22)26(24)30(40)38(27)23-10-5-4-6-11-23/h4-18,20H,1-3H3,(H,32,39)/b14-13+/t20-/m1/s1. The van der Waals surface area contributed by atoms with E-state index in [1.54, 1.807) is 39.1 Å². The molecule has 0 spiro atoms. The Hall–Kier alpha value is -5.38. The molecule has 6 rings (SSSR count). The van der Waals surface area contributed by atoms with Gasteiger partial charge in [0.2, 0.25) is 0 Å². The number of benzene rings is 2. The molecule has 0 saturated carbocycles. The van der Waals surface area contributed by atoms with Gasteiger partial charge in [-0.3, -0.25) is 18.8 Å². The molecule has 0 aliphatic carbocycles. The van der Waals surface area contributed by atoms with Crippen molar-refractivity contribution in [1.82, 2.24) is 39.2 Å². The van der Waals surface area contributed by atoms with E-state index in [2.05, 4.69) is 20.5 Å². The largest absolute Gasteiger partial charge is 0.342 e. The number of carbonyl (C=O) groups is 1. The van der Waals surface area contributed by atoms with E-state index in [0.717, 1.165) is 11.3 Å². The first-order chi connectivity index (χ1) is 19.4. The lowest BCUT2D eigenvalue weighted by molar-refractivity contribution is 0.0938. The third kappa shape index (κ3) is 4.45. The fourth-order valence-corrected chi connectivity index (χ4v) is 4.82. The molecule has 0 fully saturated rings. The zero-order valence-electron chi connectivity index (χ0n) is 22.2. The number of nitrogens with zero attached hydrogens (tertiary/aromatic N) is 7. The second kappa shape index (κ2) is 10.1. The fourth-order valence-electron chi connectivity index (χ4n) is 4.82. The number of rotatable bonds is 6. The van der Waals surface area contributed by atoms with Crippen molar-refractivity contribution in [2.24, 2.45) is 7.05 Å². The monoisotopic (exact) mass is 530 g/mol. The molecule has 1 amide bonds. The summed E-state index contributed by atoms with van der Waals surface area (Å²) in [5.74, 6) is 0.0599. The van der Waals surface area contributed by atoms with Crippen LogP contribution in [0, 0.1) is 6.92 Å². The van der Waals surface area contributed by atoms with Gasteiger partial charge in [-0.05, 0) is 55.8 Å². The van der Waals surface area contributed by atoms with Gasteiger partial charge in [-0.1, -0.05) is 36.4 Å². The topological polar surface area (TPSA) is 112 Å². The molecule has 10 nitrogen and oxygen atoms in total. The van der Waals surface area contributed by atoms with Crippen LogP contribution in [0.25, 0.3) is 34.4 Å². The molecule has 10 heteroatoms. The summed E-state index contributed by atoms with van der Waals surface area (Å²) in [6.07, 6.45) is 8.96. The highest BCUT2D eigenvalue weighted by atomic mass is 16.2. The van der Waals surface area contributed by atoms with Gasteiger partial charge < -0.3 is 5.32 Å². The molecule has 0 aliphatic rings. The van der Waals surface area contributed by atoms with Crippen molar-refractivity contribution in [3.05, 3.63) is 118 Å². The lowest BCUT2D eigenvalue weighted by Gasteiger charge is -2.20. The summed E-state index contributed by atoms with van der Waals surface area (Å²) >= 11 is 0. The average Bonchev–Trinajstić information content (AvgIpc) is 3.53. The van der Waals surface area contributed by atoms with Crippen LogP contribution < -0.4 is 10.9 Å². The molecule has 0 aliphatic heterocycles. The molecule has 6 aromatic rings. The van der Waals surface area contributed by atoms with Crippen molar-refractivity contribution in [3.63, 3.8) is 0 Å². The number of para-hydroxylation sites is 1. The Morgan fingerprint density at radius 2 is 1.80 bits per heavy atom. The van der Waals surface area contributed by atoms with Crippen LogP contribution in [0.1, 0.15) is 46.1 Å². The predicted molar refractivity (Wildman–Crippen MR) is 153 cm³/mol. The predicted octanol–water partition coefficient (Wildman–Crippen LogP) is 4.13. The van der Waals surface area contributed by atoms with Crippen LogP contribution in [0.3, 0.4) is 0 Å². The average molecular weight is 531 g/mol. The molecule has 40 heavy (non-hydrogen) atoms. The molecule has 1 atom stereocenters. The number of hydrogen-bond donors (Lipinski definition) is 1. The van der Waals surface area contributed by atoms with Gasteiger partial charge in [0, 0.05) is 25.6 Å². The van der Waals surface area contributed by atoms with Gasteiger partial charge in [0.1, 0.15) is 11.4 Å². The Morgan fingerprint density at radius 3 is 2.58 bits per heavy atom. The van der Waals surface area contributed by atoms with Crippen LogP contribution in [-0.2, 0) is 7.05 Å². The van der Waals surface area contributed by atoms with Gasteiger partial charge in [-0.25, -0.2) is 14.5 Å². The van der Waals surface area contributed by atoms with Crippen molar-refractivity contribution < 1.29 is 4.79 Å². The fraction of sp³-hybridized carbons (Fsp3) is 0.133. The minimum Gasteiger partial charge on any atom is -0.342 e. The highest BCUT2D eigenvalue weighted by molar-refractivity contribution is 6.01. The third-order valence-electron chi connectivity index (χ3n) is 6.67. The van der Waals surface area contributed by atoms with E-state index in [4.69, 9.17) is 4.98 Å². The van der Waals surface area contributed by atoms with Crippen LogP contribution in [-0.4, -0.2) is 39.8 Å². The molecule has 2 aromatic carbocycles. The van der Waals surface area contributed by atoms with Crippen LogP contribution in [0.2, 0.25) is 0 Å². The molecule has 4 aromatic heterocycles. The molecule has 1 N–H and O–H groups in total. The lowest BCUT2D eigenvalue weighted by Crippen LogP contribution is -2.33. The number of nitrogens with one attached hydrogen (secondary N) is 1. The van der Waals surface area contributed by atoms with Crippen LogP contribution in [0.15, 0.2) is 84.0 Å². The van der Waals surface area contributed by atoms with Crippen molar-refractivity contribution in [3.8, 4) is 5.69 Å². The molecular weight excluding hydrogens is 504 g/mol. The zero-order chi connectivity index (χ0) is 27.8. The smallest absolute Gasteiger partial charge is 0.266 e. The quantitative estimate of drug-likeness (QED) is 0.347. The van der Waals surface area contributed by atoms with Gasteiger partial charge >= 0.3 is 0 Å². The van der Waals surface area contributed by atoms with Crippen molar-refractivity contribution >= 4 is 34.6 Å². The first kappa shape index (κ1) is 24.9. The lowest BCUT2D eigenvalue weighted by atomic mass is 10.1. The molecule has 198 valence electrons. The van der Waals surface area contributed by atoms with E-state index in [-0.39, 0.29) is 11.5 Å². The summed E-state index contributed by atoms with van der Waals surface area (Å²) in [7, 11) is 1.85. The van der Waals surface area contributed by atoms with E-state index in [9.17, 15) is 9.59 Å². The second-order valence-electron chi connectivity index (χ2n) is 9.48. The maximum Gasteiger partial charge on any atom is 0.266 e. The summed E-state index contributed by atoms with van der Waals surface area (Å²) < 4.78 is 4.86. The summed E-state index contributed by atoms with van der Waals surface area (Å²) in [4.78, 5) is 36.9. The van der Waals surface area contributed by atoms with E-state index in [0.29, 0.717) is 39.3 Å². The Kier molecular flexibility index (Phi) is 6.27. The maximum atomic E-state index is 14.2. The minimum atomic E-state index is -0.615. The van der Waals surface area contributed by atoms with Gasteiger partial charge in [-0.15, -0.1) is 0 Å². The van der Waals surface area contributed by atoms with Crippen LogP contribution in [0.4, 0.5) is 0 Å². The molecule has 0 unspecified atom stereocenters. The van der Waals surface area contributed by atoms with Crippen molar-refractivity contribution in [2.45, 2.75) is 19.9 Å². The van der Waals surface area contributed by atoms with Crippen LogP contribution in [0.5, 0.6) is 0 Å². The highest BCUT2D eigenvalue weighted by Crippen LogP contribution is 2.22. The molecule has 0 saturated heterocycles. The Balaban J connectivity index is 1.46. The molecular formula is C30H26N8O2. The summed E-state index contributed by atoms with van der Waals surface area (Å²) in [6, 6.07) is 17.9. The Labute approximate surface area is 229 Å². The van der Waals surface area contributed by atoms with E-state index < -0.39 is 6.04 Å². The van der Waals surface area contributed by atoms with Gasteiger partial charge in [0.05, 0.1) is 34.0 Å². The minimum absolute atomic E-state index is 0.234. The SMILES string of the molecule is Cc1nn2cccnc2c1C(=O)N[C@H](C)c1nc2cccc(/C=C/c3ccn(C)n3)c2c(=O)n1-c1ccccc1. The van der Waals surface area contributed by atoms with E-state index in [1.165, 1.54) is 0 Å². The normalized spacial score (nSPS) is 12.4. The maximum absolute atomic E-state index is 14.2. The van der Waals surface area contributed by atoms with Crippen LogP contribution >= 0.6 is 0 Å². The number of carbonyl (C=O) groups excluding carboxylic acids is 1. The second-order valence-corrected chi connectivity index (χ2v) is 9.48. The third-order valence-corrected chi connectivity index (χ3v) is 6.67. The summed E-state index contributed by atoms with van der Waals surface area (Å²) in [5.41, 5.74) is 3.84. The number of fused-ring (bicyclic) bond motifs is 2. The summed E-state index contributed by atoms with van der Waals surface area (Å²) in [6.45, 7) is 3.58. The Bertz CT molecular complexity index is 1970. The van der Waals surface area contributed by atoms with E-state index in [1.807, 2.05) is 86.9 Å². The number of hydrogen-bond acceptors (Lipinski definition) is 6. The van der Waals surface area contributed by atoms with Gasteiger partial charge in [0.15, 0.2) is 5.65 Å². The summed E-state index contributed by atoms with van der Waals surface area (Å²) in [5, 5.41) is 12.3. The first-order valence-electron chi connectivity index (χ1n) is 12.8. The molecule has 0 radical (unpaired) electrons. The highest BCUT2D eigenvalue weighted by Gasteiger charge is 2.24. The number of aryl methyl sites for hydroxylation is 2. The van der Waals surface area contributed by atoms with Gasteiger partial charge in [-0.2, -0.15) is 10.2 Å².